The average Bonchev–Trinajstić information content (AvgIpc) is 3.26. The lowest BCUT2D eigenvalue weighted by molar-refractivity contribution is 0.114. The molecule has 1 aromatic carbocycles. The summed E-state index contributed by atoms with van der Waals surface area (Å²) in [4.78, 5) is 7.07. The van der Waals surface area contributed by atoms with Crippen LogP contribution in [0.4, 0.5) is 0 Å². The van der Waals surface area contributed by atoms with Gasteiger partial charge in [-0.05, 0) is 31.2 Å². The lowest BCUT2D eigenvalue weighted by atomic mass is 9.96. The number of fused-ring (bicyclic) bond motifs is 2. The zero-order valence-electron chi connectivity index (χ0n) is 15.3. The first-order chi connectivity index (χ1) is 12.8. The van der Waals surface area contributed by atoms with Gasteiger partial charge in [-0.3, -0.25) is 9.89 Å². The molecule has 1 aromatic heterocycles. The first kappa shape index (κ1) is 17.1. The Morgan fingerprint density at radius 3 is 2.62 bits per heavy atom. The van der Waals surface area contributed by atoms with E-state index >= 15 is 0 Å². The highest BCUT2D eigenvalue weighted by molar-refractivity contribution is 5.79. The monoisotopic (exact) mass is 353 g/mol. The third-order valence-electron chi connectivity index (χ3n) is 5.58. The van der Waals surface area contributed by atoms with Crippen molar-refractivity contribution >= 4 is 5.96 Å². The Labute approximate surface area is 154 Å². The van der Waals surface area contributed by atoms with Crippen LogP contribution in [0.25, 0.3) is 0 Å². The second kappa shape index (κ2) is 7.91. The minimum atomic E-state index is 0.475. The molecule has 2 atom stereocenters. The van der Waals surface area contributed by atoms with Gasteiger partial charge in [0.25, 0.3) is 0 Å². The molecule has 0 aliphatic carbocycles. The normalized spacial score (nSPS) is 26.0. The van der Waals surface area contributed by atoms with Gasteiger partial charge in [-0.1, -0.05) is 35.5 Å². The molecule has 2 fully saturated rings. The van der Waals surface area contributed by atoms with Crippen molar-refractivity contribution in [3.05, 3.63) is 53.9 Å². The maximum Gasteiger partial charge on any atom is 0.191 e. The Hall–Kier alpha value is -2.34. The SMILES string of the molecule is CN=C(NCc1ccon1)NC1CC2CCC(C1)N2Cc1ccccc1. The van der Waals surface area contributed by atoms with Crippen LogP contribution in [0.1, 0.15) is 36.9 Å². The number of aromatic nitrogens is 1. The molecule has 138 valence electrons. The number of hydrogen-bond donors (Lipinski definition) is 2. The maximum atomic E-state index is 4.87. The van der Waals surface area contributed by atoms with Gasteiger partial charge in [-0.25, -0.2) is 0 Å². The van der Waals surface area contributed by atoms with Crippen molar-refractivity contribution in [1.82, 2.24) is 20.7 Å². The Balaban J connectivity index is 1.31. The topological polar surface area (TPSA) is 65.7 Å². The Kier molecular flexibility index (Phi) is 5.20. The molecule has 26 heavy (non-hydrogen) atoms. The smallest absolute Gasteiger partial charge is 0.191 e. The summed E-state index contributed by atoms with van der Waals surface area (Å²) in [6.07, 6.45) is 6.55. The number of aliphatic imine (C=N–C) groups is 1. The first-order valence-corrected chi connectivity index (χ1v) is 9.48. The van der Waals surface area contributed by atoms with E-state index in [0.29, 0.717) is 24.7 Å². The molecular weight excluding hydrogens is 326 g/mol. The van der Waals surface area contributed by atoms with Gasteiger partial charge in [-0.15, -0.1) is 0 Å². The highest BCUT2D eigenvalue weighted by Crippen LogP contribution is 2.36. The second-order valence-corrected chi connectivity index (χ2v) is 7.27. The van der Waals surface area contributed by atoms with Crippen LogP contribution in [-0.2, 0) is 13.1 Å². The molecule has 3 heterocycles. The minimum absolute atomic E-state index is 0.475. The van der Waals surface area contributed by atoms with E-state index in [4.69, 9.17) is 4.52 Å². The highest BCUT2D eigenvalue weighted by Gasteiger charge is 2.40. The largest absolute Gasteiger partial charge is 0.364 e. The van der Waals surface area contributed by atoms with Crippen LogP contribution in [0.5, 0.6) is 0 Å². The molecule has 2 bridgehead atoms. The Morgan fingerprint density at radius 1 is 1.19 bits per heavy atom. The van der Waals surface area contributed by atoms with Crippen molar-refractivity contribution in [1.29, 1.82) is 0 Å². The highest BCUT2D eigenvalue weighted by atomic mass is 16.5. The number of guanidine groups is 1. The van der Waals surface area contributed by atoms with Crippen LogP contribution in [0.3, 0.4) is 0 Å². The van der Waals surface area contributed by atoms with E-state index in [1.807, 2.05) is 13.1 Å². The zero-order chi connectivity index (χ0) is 17.8. The summed E-state index contributed by atoms with van der Waals surface area (Å²) in [5.41, 5.74) is 2.30. The fourth-order valence-electron chi connectivity index (χ4n) is 4.34. The van der Waals surface area contributed by atoms with Crippen LogP contribution in [0.15, 0.2) is 52.2 Å². The molecule has 2 unspecified atom stereocenters. The predicted octanol–water partition coefficient (Wildman–Crippen LogP) is 2.54. The fourth-order valence-corrected chi connectivity index (χ4v) is 4.34. The molecule has 0 radical (unpaired) electrons. The summed E-state index contributed by atoms with van der Waals surface area (Å²) >= 11 is 0. The molecule has 2 aromatic rings. The zero-order valence-corrected chi connectivity index (χ0v) is 15.3. The molecule has 0 spiro atoms. The summed E-state index contributed by atoms with van der Waals surface area (Å²) < 4.78 is 4.87. The van der Waals surface area contributed by atoms with Crippen molar-refractivity contribution < 1.29 is 4.52 Å². The van der Waals surface area contributed by atoms with Crippen LogP contribution in [-0.4, -0.2) is 41.2 Å². The van der Waals surface area contributed by atoms with Crippen molar-refractivity contribution in [3.63, 3.8) is 0 Å². The summed E-state index contributed by atoms with van der Waals surface area (Å²) in [5.74, 6) is 0.842. The van der Waals surface area contributed by atoms with E-state index in [1.54, 1.807) is 6.26 Å². The third kappa shape index (κ3) is 3.90. The molecule has 0 saturated carbocycles. The summed E-state index contributed by atoms with van der Waals surface area (Å²) in [7, 11) is 1.82. The van der Waals surface area contributed by atoms with Gasteiger partial charge in [0.1, 0.15) is 12.0 Å². The van der Waals surface area contributed by atoms with E-state index in [9.17, 15) is 0 Å². The number of benzene rings is 1. The van der Waals surface area contributed by atoms with Crippen LogP contribution in [0.2, 0.25) is 0 Å². The molecule has 6 heteroatoms. The Morgan fingerprint density at radius 2 is 1.96 bits per heavy atom. The minimum Gasteiger partial charge on any atom is -0.364 e. The van der Waals surface area contributed by atoms with Gasteiger partial charge in [0, 0.05) is 37.8 Å². The Bertz CT molecular complexity index is 701. The van der Waals surface area contributed by atoms with E-state index in [1.165, 1.54) is 31.2 Å². The van der Waals surface area contributed by atoms with Crippen LogP contribution >= 0.6 is 0 Å². The van der Waals surface area contributed by atoms with Gasteiger partial charge >= 0.3 is 0 Å². The third-order valence-corrected chi connectivity index (χ3v) is 5.58. The van der Waals surface area contributed by atoms with E-state index in [0.717, 1.165) is 18.2 Å². The molecule has 4 rings (SSSR count). The number of piperidine rings is 1. The van der Waals surface area contributed by atoms with Crippen molar-refractivity contribution in [2.24, 2.45) is 4.99 Å². The molecule has 2 aliphatic heterocycles. The van der Waals surface area contributed by atoms with Crippen molar-refractivity contribution in [3.8, 4) is 0 Å². The first-order valence-electron chi connectivity index (χ1n) is 9.48. The van der Waals surface area contributed by atoms with Gasteiger partial charge in [0.15, 0.2) is 5.96 Å². The molecular formula is C20H27N5O. The lowest BCUT2D eigenvalue weighted by Gasteiger charge is -2.39. The molecule has 0 amide bonds. The van der Waals surface area contributed by atoms with Gasteiger partial charge < -0.3 is 15.2 Å². The lowest BCUT2D eigenvalue weighted by Crippen LogP contribution is -2.52. The van der Waals surface area contributed by atoms with E-state index < -0.39 is 0 Å². The number of nitrogens with one attached hydrogen (secondary N) is 2. The molecule has 2 aliphatic rings. The molecule has 2 saturated heterocycles. The maximum absolute atomic E-state index is 4.87. The number of rotatable bonds is 5. The second-order valence-electron chi connectivity index (χ2n) is 7.27. The predicted molar refractivity (Wildman–Crippen MR) is 102 cm³/mol. The fraction of sp³-hybridized carbons (Fsp3) is 0.500. The van der Waals surface area contributed by atoms with E-state index in [2.05, 4.69) is 56.0 Å². The summed E-state index contributed by atoms with van der Waals surface area (Å²) in [6, 6.07) is 14.5. The van der Waals surface area contributed by atoms with Crippen molar-refractivity contribution in [2.75, 3.05) is 7.05 Å². The van der Waals surface area contributed by atoms with Crippen LogP contribution < -0.4 is 10.6 Å². The van der Waals surface area contributed by atoms with Gasteiger partial charge in [-0.2, -0.15) is 0 Å². The number of nitrogens with zero attached hydrogens (tertiary/aromatic N) is 3. The average molecular weight is 353 g/mol. The quantitative estimate of drug-likeness (QED) is 0.639. The summed E-state index contributed by atoms with van der Waals surface area (Å²) in [5, 5.41) is 10.9. The van der Waals surface area contributed by atoms with Crippen LogP contribution in [0, 0.1) is 0 Å². The standard InChI is InChI=1S/C20H27N5O/c1-21-20(22-13-16-9-10-26-24-16)23-17-11-18-7-8-19(12-17)25(18)14-15-5-3-2-4-6-15/h2-6,9-10,17-19H,7-8,11-14H2,1H3,(H2,21,22,23). The molecule has 2 N–H and O–H groups in total. The van der Waals surface area contributed by atoms with E-state index in [-0.39, 0.29) is 0 Å². The van der Waals surface area contributed by atoms with Gasteiger partial charge in [0.2, 0.25) is 0 Å². The van der Waals surface area contributed by atoms with Gasteiger partial charge in [0.05, 0.1) is 6.54 Å². The van der Waals surface area contributed by atoms with Crippen molar-refractivity contribution in [2.45, 2.75) is 56.9 Å². The number of hydrogen-bond acceptors (Lipinski definition) is 4. The summed E-state index contributed by atoms with van der Waals surface area (Å²) in [6.45, 7) is 1.69. The molecule has 6 nitrogen and oxygen atoms in total.